The maximum atomic E-state index is 11.7. The summed E-state index contributed by atoms with van der Waals surface area (Å²) in [6.07, 6.45) is 3.09. The lowest BCUT2D eigenvalue weighted by Crippen LogP contribution is -2.35. The molecule has 0 aromatic carbocycles. The van der Waals surface area contributed by atoms with Crippen molar-refractivity contribution < 1.29 is 14.3 Å². The van der Waals surface area contributed by atoms with E-state index in [4.69, 9.17) is 27.1 Å². The molecule has 136 valence electrons. The lowest BCUT2D eigenvalue weighted by Gasteiger charge is -2.13. The molecule has 8 nitrogen and oxygen atoms in total. The highest BCUT2D eigenvalue weighted by atomic mass is 32.1. The number of esters is 1. The maximum absolute atomic E-state index is 11.7. The minimum atomic E-state index is -0.541. The summed E-state index contributed by atoms with van der Waals surface area (Å²) in [4.78, 5) is 20.0. The van der Waals surface area contributed by atoms with Crippen LogP contribution in [0.15, 0.2) is 36.7 Å². The number of carbonyl (C=O) groups excluding carboxylic acids is 1. The van der Waals surface area contributed by atoms with Gasteiger partial charge in [-0.05, 0) is 50.3 Å². The molecule has 0 aliphatic heterocycles. The highest BCUT2D eigenvalue weighted by Crippen LogP contribution is 2.13. The average Bonchev–Trinajstić information content (AvgIpc) is 2.61. The van der Waals surface area contributed by atoms with Gasteiger partial charge in [-0.2, -0.15) is 0 Å². The molecule has 0 aliphatic rings. The number of nitrogens with zero attached hydrogens (tertiary/aromatic N) is 2. The van der Waals surface area contributed by atoms with Crippen LogP contribution in [0.2, 0.25) is 0 Å². The summed E-state index contributed by atoms with van der Waals surface area (Å²) in [5.41, 5.74) is 0.624. The zero-order valence-electron chi connectivity index (χ0n) is 14.6. The molecule has 26 heavy (non-hydrogen) atoms. The van der Waals surface area contributed by atoms with Crippen molar-refractivity contribution in [3.05, 3.63) is 47.9 Å². The van der Waals surface area contributed by atoms with Crippen molar-refractivity contribution in [3.8, 4) is 5.75 Å². The Balaban J connectivity index is 2.02. The predicted molar refractivity (Wildman–Crippen MR) is 102 cm³/mol. The van der Waals surface area contributed by atoms with Gasteiger partial charge < -0.3 is 20.1 Å². The Labute approximate surface area is 156 Å². The van der Waals surface area contributed by atoms with Crippen LogP contribution in [0.4, 0.5) is 5.82 Å². The fourth-order valence-electron chi connectivity index (χ4n) is 1.97. The highest BCUT2D eigenvalue weighted by molar-refractivity contribution is 7.80. The van der Waals surface area contributed by atoms with E-state index in [1.165, 1.54) is 19.5 Å². The third-order valence-corrected chi connectivity index (χ3v) is 3.25. The quantitative estimate of drug-likeness (QED) is 0.317. The van der Waals surface area contributed by atoms with E-state index in [2.05, 4.69) is 20.6 Å². The average molecular weight is 373 g/mol. The molecule has 2 heterocycles. The largest absolute Gasteiger partial charge is 0.489 e. The van der Waals surface area contributed by atoms with E-state index < -0.39 is 5.97 Å². The summed E-state index contributed by atoms with van der Waals surface area (Å²) in [5, 5.41) is 13.6. The fraction of sp³-hybridized carbons (Fsp3) is 0.235. The summed E-state index contributed by atoms with van der Waals surface area (Å²) in [6.45, 7) is 3.84. The molecule has 0 unspecified atom stereocenters. The van der Waals surface area contributed by atoms with Crippen LogP contribution in [-0.2, 0) is 4.74 Å². The van der Waals surface area contributed by atoms with Gasteiger partial charge >= 0.3 is 5.97 Å². The Hall–Kier alpha value is -3.07. The number of methoxy groups -OCH3 is 1. The number of thiocarbonyl (C=S) groups is 1. The smallest absolute Gasteiger partial charge is 0.341 e. The number of carbonyl (C=O) groups is 1. The van der Waals surface area contributed by atoms with Gasteiger partial charge in [-0.3, -0.25) is 5.41 Å². The number of rotatable bonds is 5. The summed E-state index contributed by atoms with van der Waals surface area (Å²) < 4.78 is 10.2. The van der Waals surface area contributed by atoms with Crippen LogP contribution in [0.25, 0.3) is 0 Å². The summed E-state index contributed by atoms with van der Waals surface area (Å²) in [7, 11) is 1.28. The Morgan fingerprint density at radius 1 is 1.27 bits per heavy atom. The minimum absolute atomic E-state index is 0.00542. The molecule has 0 radical (unpaired) electrons. The molecule has 2 aromatic heterocycles. The molecule has 2 rings (SSSR count). The van der Waals surface area contributed by atoms with Crippen molar-refractivity contribution in [2.24, 2.45) is 0 Å². The van der Waals surface area contributed by atoms with Gasteiger partial charge in [0.1, 0.15) is 22.8 Å². The first-order valence-corrected chi connectivity index (χ1v) is 8.14. The monoisotopic (exact) mass is 373 g/mol. The van der Waals surface area contributed by atoms with Crippen molar-refractivity contribution in [3.63, 3.8) is 0 Å². The van der Waals surface area contributed by atoms with Crippen LogP contribution >= 0.6 is 12.2 Å². The standard InChI is InChI=1S/C17H19N5O3S/c1-10(2)25-11-6-7-13(20-9-11)14(18)21-17(26)22-15-12(16(23)24-3)5-4-8-19-15/h4-10H,1-3H3,(H3,18,19,21,22,26). The van der Waals surface area contributed by atoms with Gasteiger partial charge in [0.05, 0.1) is 19.4 Å². The molecular formula is C17H19N5O3S. The number of aromatic nitrogens is 2. The van der Waals surface area contributed by atoms with Gasteiger partial charge in [0, 0.05) is 6.20 Å². The van der Waals surface area contributed by atoms with Crippen molar-refractivity contribution in [2.45, 2.75) is 20.0 Å². The number of anilines is 1. The van der Waals surface area contributed by atoms with Crippen LogP contribution in [0.5, 0.6) is 5.75 Å². The van der Waals surface area contributed by atoms with Crippen molar-refractivity contribution in [1.29, 1.82) is 5.41 Å². The van der Waals surface area contributed by atoms with Crippen LogP contribution < -0.4 is 15.4 Å². The fourth-order valence-corrected chi connectivity index (χ4v) is 2.16. The van der Waals surface area contributed by atoms with Gasteiger partial charge in [0.2, 0.25) is 0 Å². The topological polar surface area (TPSA) is 109 Å². The Bertz CT molecular complexity index is 808. The van der Waals surface area contributed by atoms with E-state index in [-0.39, 0.29) is 28.4 Å². The second kappa shape index (κ2) is 8.86. The lowest BCUT2D eigenvalue weighted by atomic mass is 10.2. The van der Waals surface area contributed by atoms with Crippen molar-refractivity contribution in [2.75, 3.05) is 12.4 Å². The SMILES string of the molecule is COC(=O)c1cccnc1NC(=S)NC(=N)c1ccc(OC(C)C)cn1. The third kappa shape index (κ3) is 5.21. The molecule has 0 aliphatic carbocycles. The van der Waals surface area contributed by atoms with E-state index in [0.29, 0.717) is 11.4 Å². The van der Waals surface area contributed by atoms with Crippen LogP contribution in [0.1, 0.15) is 29.9 Å². The van der Waals surface area contributed by atoms with Gasteiger partial charge in [-0.1, -0.05) is 0 Å². The van der Waals surface area contributed by atoms with E-state index in [1.54, 1.807) is 24.3 Å². The Morgan fingerprint density at radius 2 is 2.04 bits per heavy atom. The van der Waals surface area contributed by atoms with Crippen molar-refractivity contribution in [1.82, 2.24) is 15.3 Å². The van der Waals surface area contributed by atoms with E-state index in [1.807, 2.05) is 13.8 Å². The molecule has 0 spiro atoms. The summed E-state index contributed by atoms with van der Waals surface area (Å²) in [5.74, 6) is 0.307. The predicted octanol–water partition coefficient (Wildman–Crippen LogP) is 2.36. The number of ether oxygens (including phenoxy) is 2. The van der Waals surface area contributed by atoms with E-state index in [9.17, 15) is 4.79 Å². The molecule has 0 saturated heterocycles. The molecule has 2 aromatic rings. The molecule has 0 atom stereocenters. The molecule has 0 amide bonds. The molecule has 9 heteroatoms. The first-order chi connectivity index (χ1) is 12.4. The third-order valence-electron chi connectivity index (χ3n) is 3.05. The van der Waals surface area contributed by atoms with Crippen LogP contribution in [0.3, 0.4) is 0 Å². The van der Waals surface area contributed by atoms with Gasteiger partial charge in [0.15, 0.2) is 10.9 Å². The minimum Gasteiger partial charge on any atom is -0.489 e. The summed E-state index contributed by atoms with van der Waals surface area (Å²) in [6, 6.07) is 6.55. The molecule has 3 N–H and O–H groups in total. The number of hydrogen-bond acceptors (Lipinski definition) is 7. The van der Waals surface area contributed by atoms with Gasteiger partial charge in [-0.25, -0.2) is 14.8 Å². The number of nitrogens with one attached hydrogen (secondary N) is 3. The zero-order chi connectivity index (χ0) is 19.1. The van der Waals surface area contributed by atoms with E-state index >= 15 is 0 Å². The molecule has 0 saturated carbocycles. The normalized spacial score (nSPS) is 10.2. The Kier molecular flexibility index (Phi) is 6.56. The first kappa shape index (κ1) is 19.3. The number of amidine groups is 1. The second-order valence-electron chi connectivity index (χ2n) is 5.39. The first-order valence-electron chi connectivity index (χ1n) is 7.73. The number of pyridine rings is 2. The molecule has 0 fully saturated rings. The lowest BCUT2D eigenvalue weighted by molar-refractivity contribution is 0.0601. The Morgan fingerprint density at radius 3 is 2.65 bits per heavy atom. The van der Waals surface area contributed by atoms with Gasteiger partial charge in [0.25, 0.3) is 0 Å². The second-order valence-corrected chi connectivity index (χ2v) is 5.80. The van der Waals surface area contributed by atoms with Gasteiger partial charge in [-0.15, -0.1) is 0 Å². The zero-order valence-corrected chi connectivity index (χ0v) is 15.4. The summed E-state index contributed by atoms with van der Waals surface area (Å²) >= 11 is 5.17. The highest BCUT2D eigenvalue weighted by Gasteiger charge is 2.14. The number of hydrogen-bond donors (Lipinski definition) is 3. The van der Waals surface area contributed by atoms with E-state index in [0.717, 1.165) is 0 Å². The van der Waals surface area contributed by atoms with Crippen LogP contribution in [-0.4, -0.2) is 40.1 Å². The molecular weight excluding hydrogens is 354 g/mol. The van der Waals surface area contributed by atoms with Crippen molar-refractivity contribution >= 4 is 35.0 Å². The van der Waals surface area contributed by atoms with Crippen LogP contribution in [0, 0.1) is 5.41 Å². The molecule has 0 bridgehead atoms. The maximum Gasteiger partial charge on any atom is 0.341 e.